The van der Waals surface area contributed by atoms with Gasteiger partial charge in [-0.15, -0.1) is 11.3 Å². The Kier molecular flexibility index (Phi) is 2.68. The van der Waals surface area contributed by atoms with E-state index in [0.29, 0.717) is 12.5 Å². The first-order valence-corrected chi connectivity index (χ1v) is 5.67. The van der Waals surface area contributed by atoms with Gasteiger partial charge in [0, 0.05) is 23.1 Å². The predicted octanol–water partition coefficient (Wildman–Crippen LogP) is 2.65. The molecule has 1 heterocycles. The van der Waals surface area contributed by atoms with Crippen molar-refractivity contribution in [1.29, 1.82) is 0 Å². The molecular formula is C11H13NOS. The minimum absolute atomic E-state index is 0.242. The summed E-state index contributed by atoms with van der Waals surface area (Å²) in [6.07, 6.45) is 3.26. The summed E-state index contributed by atoms with van der Waals surface area (Å²) in [5.74, 6) is 0.242. The van der Waals surface area contributed by atoms with Crippen LogP contribution in [0.5, 0.6) is 0 Å². The van der Waals surface area contributed by atoms with E-state index in [2.05, 4.69) is 23.7 Å². The standard InChI is InChI=1S/C11H13NOS/c1-8(11-3-2-6-14-11)12-9-4-5-10(13)7-9/h2-3,6-8,12H,4-5H2,1H3. The maximum absolute atomic E-state index is 11.0. The van der Waals surface area contributed by atoms with Crippen LogP contribution in [0.2, 0.25) is 0 Å². The molecule has 3 heteroatoms. The second kappa shape index (κ2) is 3.96. The van der Waals surface area contributed by atoms with Crippen molar-refractivity contribution in [2.75, 3.05) is 0 Å². The molecule has 14 heavy (non-hydrogen) atoms. The summed E-state index contributed by atoms with van der Waals surface area (Å²) in [7, 11) is 0. The van der Waals surface area contributed by atoms with E-state index in [9.17, 15) is 4.79 Å². The van der Waals surface area contributed by atoms with Crippen LogP contribution in [0.25, 0.3) is 0 Å². The molecule has 0 radical (unpaired) electrons. The number of thiophene rings is 1. The zero-order valence-corrected chi connectivity index (χ0v) is 8.93. The molecule has 0 aliphatic heterocycles. The van der Waals surface area contributed by atoms with Gasteiger partial charge in [0.1, 0.15) is 0 Å². The van der Waals surface area contributed by atoms with Crippen LogP contribution >= 0.6 is 11.3 Å². The molecule has 1 atom stereocenters. The lowest BCUT2D eigenvalue weighted by Gasteiger charge is -2.13. The van der Waals surface area contributed by atoms with Gasteiger partial charge in [-0.25, -0.2) is 0 Å². The van der Waals surface area contributed by atoms with Crippen molar-refractivity contribution in [3.63, 3.8) is 0 Å². The topological polar surface area (TPSA) is 29.1 Å². The maximum atomic E-state index is 11.0. The lowest BCUT2D eigenvalue weighted by atomic mass is 10.2. The van der Waals surface area contributed by atoms with Crippen LogP contribution in [0.1, 0.15) is 30.7 Å². The molecule has 1 aliphatic carbocycles. The average Bonchev–Trinajstić information content (AvgIpc) is 2.75. The van der Waals surface area contributed by atoms with E-state index < -0.39 is 0 Å². The fraction of sp³-hybridized carbons (Fsp3) is 0.364. The van der Waals surface area contributed by atoms with Crippen LogP contribution in [0.4, 0.5) is 0 Å². The Morgan fingerprint density at radius 3 is 2.93 bits per heavy atom. The Labute approximate surface area is 87.6 Å². The Morgan fingerprint density at radius 2 is 2.36 bits per heavy atom. The van der Waals surface area contributed by atoms with Crippen molar-refractivity contribution in [3.05, 3.63) is 34.2 Å². The average molecular weight is 207 g/mol. The predicted molar refractivity (Wildman–Crippen MR) is 58.2 cm³/mol. The van der Waals surface area contributed by atoms with Crippen LogP contribution < -0.4 is 5.32 Å². The molecule has 1 unspecified atom stereocenters. The van der Waals surface area contributed by atoms with Gasteiger partial charge in [0.2, 0.25) is 0 Å². The first-order chi connectivity index (χ1) is 6.75. The van der Waals surface area contributed by atoms with Gasteiger partial charge in [-0.1, -0.05) is 6.07 Å². The second-order valence-corrected chi connectivity index (χ2v) is 4.50. The molecule has 0 spiro atoms. The number of ketones is 1. The van der Waals surface area contributed by atoms with E-state index in [-0.39, 0.29) is 5.78 Å². The number of hydrogen-bond donors (Lipinski definition) is 1. The summed E-state index contributed by atoms with van der Waals surface area (Å²) >= 11 is 1.74. The molecule has 1 aromatic heterocycles. The quantitative estimate of drug-likeness (QED) is 0.825. The zero-order chi connectivity index (χ0) is 9.97. The van der Waals surface area contributed by atoms with E-state index >= 15 is 0 Å². The second-order valence-electron chi connectivity index (χ2n) is 3.52. The molecule has 2 rings (SSSR count). The van der Waals surface area contributed by atoms with Gasteiger partial charge in [0.05, 0.1) is 6.04 Å². The smallest absolute Gasteiger partial charge is 0.157 e. The lowest BCUT2D eigenvalue weighted by molar-refractivity contribution is -0.114. The Bertz CT molecular complexity index is 353. The normalized spacial score (nSPS) is 18.1. The largest absolute Gasteiger partial charge is 0.381 e. The number of nitrogens with one attached hydrogen (secondary N) is 1. The first kappa shape index (κ1) is 9.46. The maximum Gasteiger partial charge on any atom is 0.157 e. The zero-order valence-electron chi connectivity index (χ0n) is 8.12. The third-order valence-electron chi connectivity index (χ3n) is 2.35. The van der Waals surface area contributed by atoms with Crippen LogP contribution in [0, 0.1) is 0 Å². The summed E-state index contributed by atoms with van der Waals surface area (Å²) in [6, 6.07) is 4.47. The summed E-state index contributed by atoms with van der Waals surface area (Å²) < 4.78 is 0. The number of allylic oxidation sites excluding steroid dienone is 2. The molecule has 0 fully saturated rings. The fourth-order valence-electron chi connectivity index (χ4n) is 1.60. The first-order valence-electron chi connectivity index (χ1n) is 4.79. The van der Waals surface area contributed by atoms with E-state index in [1.54, 1.807) is 17.4 Å². The molecule has 0 bridgehead atoms. The van der Waals surface area contributed by atoms with Gasteiger partial charge < -0.3 is 5.32 Å². The Morgan fingerprint density at radius 1 is 1.50 bits per heavy atom. The molecule has 1 N–H and O–H groups in total. The van der Waals surface area contributed by atoms with Crippen LogP contribution in [0.3, 0.4) is 0 Å². The summed E-state index contributed by atoms with van der Waals surface area (Å²) in [5, 5.41) is 5.43. The van der Waals surface area contributed by atoms with Gasteiger partial charge in [-0.3, -0.25) is 4.79 Å². The minimum Gasteiger partial charge on any atom is -0.381 e. The molecular weight excluding hydrogens is 194 g/mol. The van der Waals surface area contributed by atoms with E-state index in [1.165, 1.54) is 4.88 Å². The van der Waals surface area contributed by atoms with Crippen molar-refractivity contribution < 1.29 is 4.79 Å². The summed E-state index contributed by atoms with van der Waals surface area (Å²) in [6.45, 7) is 2.12. The van der Waals surface area contributed by atoms with E-state index in [4.69, 9.17) is 0 Å². The summed E-state index contributed by atoms with van der Waals surface area (Å²) in [4.78, 5) is 12.3. The molecule has 2 nitrogen and oxygen atoms in total. The molecule has 1 aliphatic rings. The highest BCUT2D eigenvalue weighted by Crippen LogP contribution is 2.22. The van der Waals surface area contributed by atoms with Crippen LogP contribution in [-0.4, -0.2) is 5.78 Å². The van der Waals surface area contributed by atoms with Crippen molar-refractivity contribution >= 4 is 17.1 Å². The van der Waals surface area contributed by atoms with Crippen molar-refractivity contribution in [2.24, 2.45) is 0 Å². The van der Waals surface area contributed by atoms with Gasteiger partial charge in [0.15, 0.2) is 5.78 Å². The molecule has 0 saturated heterocycles. The van der Waals surface area contributed by atoms with Gasteiger partial charge in [0.25, 0.3) is 0 Å². The molecule has 74 valence electrons. The van der Waals surface area contributed by atoms with Gasteiger partial charge in [-0.05, 0) is 24.8 Å². The third kappa shape index (κ3) is 2.04. The number of carbonyl (C=O) groups excluding carboxylic acids is 1. The monoisotopic (exact) mass is 207 g/mol. The van der Waals surface area contributed by atoms with Crippen LogP contribution in [0.15, 0.2) is 29.3 Å². The Hall–Kier alpha value is -1.09. The SMILES string of the molecule is CC(NC1=CC(=O)CC1)c1cccs1. The van der Waals surface area contributed by atoms with Crippen LogP contribution in [-0.2, 0) is 4.79 Å². The van der Waals surface area contributed by atoms with Crippen molar-refractivity contribution in [3.8, 4) is 0 Å². The van der Waals surface area contributed by atoms with E-state index in [1.807, 2.05) is 6.07 Å². The number of rotatable bonds is 3. The molecule has 1 aromatic rings. The molecule has 0 aromatic carbocycles. The highest BCUT2D eigenvalue weighted by Gasteiger charge is 2.14. The molecule has 0 saturated carbocycles. The minimum atomic E-state index is 0.242. The Balaban J connectivity index is 1.98. The van der Waals surface area contributed by atoms with Gasteiger partial charge >= 0.3 is 0 Å². The number of hydrogen-bond acceptors (Lipinski definition) is 3. The van der Waals surface area contributed by atoms with Gasteiger partial charge in [-0.2, -0.15) is 0 Å². The van der Waals surface area contributed by atoms with Crippen molar-refractivity contribution in [1.82, 2.24) is 5.32 Å². The number of carbonyl (C=O) groups is 1. The fourth-order valence-corrected chi connectivity index (χ4v) is 2.33. The lowest BCUT2D eigenvalue weighted by Crippen LogP contribution is -2.15. The molecule has 0 amide bonds. The van der Waals surface area contributed by atoms with Crippen molar-refractivity contribution in [2.45, 2.75) is 25.8 Å². The highest BCUT2D eigenvalue weighted by atomic mass is 32.1. The van der Waals surface area contributed by atoms with E-state index in [0.717, 1.165) is 12.1 Å². The third-order valence-corrected chi connectivity index (χ3v) is 3.40. The highest BCUT2D eigenvalue weighted by molar-refractivity contribution is 7.10. The summed E-state index contributed by atoms with van der Waals surface area (Å²) in [5.41, 5.74) is 1.08.